The van der Waals surface area contributed by atoms with Crippen molar-refractivity contribution in [2.45, 2.75) is 12.4 Å². The van der Waals surface area contributed by atoms with Crippen LogP contribution >= 0.6 is 0 Å². The Kier molecular flexibility index (Phi) is 4.66. The maximum Gasteiger partial charge on any atom is 0.416 e. The average molecular weight is 446 g/mol. The highest BCUT2D eigenvalue weighted by molar-refractivity contribution is 5.90. The molecule has 12 heteroatoms. The minimum Gasteiger partial charge on any atom is -0.358 e. The Balaban J connectivity index is 1.79. The summed E-state index contributed by atoms with van der Waals surface area (Å²) in [6.45, 7) is 7.08. The van der Waals surface area contributed by atoms with Gasteiger partial charge in [-0.15, -0.1) is 0 Å². The zero-order chi connectivity index (χ0) is 23.3. The zero-order valence-electron chi connectivity index (χ0n) is 15.5. The normalized spacial score (nSPS) is 12.5. The van der Waals surface area contributed by atoms with E-state index in [2.05, 4.69) is 25.4 Å². The van der Waals surface area contributed by atoms with Gasteiger partial charge in [0.2, 0.25) is 0 Å². The topological polar surface area (TPSA) is 78.0 Å². The summed E-state index contributed by atoms with van der Waals surface area (Å²) >= 11 is 0. The van der Waals surface area contributed by atoms with Gasteiger partial charge in [0, 0.05) is 0 Å². The van der Waals surface area contributed by atoms with Gasteiger partial charge in [-0.25, -0.2) is 4.98 Å². The van der Waals surface area contributed by atoms with E-state index in [1.807, 2.05) is 0 Å². The molecule has 1 aliphatic heterocycles. The number of fused-ring (bicyclic) bond motifs is 2. The molecule has 1 aliphatic rings. The van der Waals surface area contributed by atoms with Crippen molar-refractivity contribution in [3.8, 4) is 17.2 Å². The number of nitriles is 1. The molecule has 2 heterocycles. The third-order valence-corrected chi connectivity index (χ3v) is 4.54. The maximum atomic E-state index is 13.2. The minimum absolute atomic E-state index is 0.0617. The number of alkyl halides is 6. The molecule has 1 aromatic heterocycles. The van der Waals surface area contributed by atoms with E-state index in [1.54, 1.807) is 6.07 Å². The summed E-state index contributed by atoms with van der Waals surface area (Å²) in [6.07, 6.45) is -9.93. The van der Waals surface area contributed by atoms with Gasteiger partial charge in [-0.2, -0.15) is 31.6 Å². The standard InChI is InChI=1S/C20H8F6N6/c1-28-16-15(8-27)31-17-18(32-16)30-14-6-9(2-3-13(14)29-17)10-4-11(19(21,22)23)7-12(5-10)20(24,25)26/h2-7H,(H,29,31)(H,30,32). The van der Waals surface area contributed by atoms with E-state index in [0.29, 0.717) is 17.8 Å². The molecule has 0 radical (unpaired) electrons. The number of aromatic nitrogens is 2. The molecule has 0 unspecified atom stereocenters. The van der Waals surface area contributed by atoms with Crippen LogP contribution in [0.15, 0.2) is 36.4 Å². The lowest BCUT2D eigenvalue weighted by Crippen LogP contribution is -2.12. The van der Waals surface area contributed by atoms with Crippen LogP contribution in [-0.2, 0) is 12.4 Å². The van der Waals surface area contributed by atoms with Gasteiger partial charge in [-0.1, -0.05) is 17.6 Å². The van der Waals surface area contributed by atoms with Crippen molar-refractivity contribution in [3.63, 3.8) is 0 Å². The highest BCUT2D eigenvalue weighted by Crippen LogP contribution is 2.42. The molecule has 2 N–H and O–H groups in total. The Labute approximate surface area is 176 Å². The lowest BCUT2D eigenvalue weighted by atomic mass is 9.98. The van der Waals surface area contributed by atoms with E-state index < -0.39 is 23.5 Å². The Morgan fingerprint density at radius 3 is 1.97 bits per heavy atom. The van der Waals surface area contributed by atoms with Gasteiger partial charge in [0.15, 0.2) is 11.5 Å². The van der Waals surface area contributed by atoms with Crippen molar-refractivity contribution in [2.75, 3.05) is 10.6 Å². The first kappa shape index (κ1) is 20.9. The molecule has 4 rings (SSSR count). The fourth-order valence-electron chi connectivity index (χ4n) is 3.07. The number of anilines is 4. The molecular formula is C20H8F6N6. The molecule has 32 heavy (non-hydrogen) atoms. The first-order valence-electron chi connectivity index (χ1n) is 8.67. The molecule has 0 aliphatic carbocycles. The number of hydrogen-bond donors (Lipinski definition) is 2. The molecule has 0 amide bonds. The van der Waals surface area contributed by atoms with Gasteiger partial charge in [0.05, 0.1) is 22.5 Å². The molecule has 0 saturated carbocycles. The molecule has 6 nitrogen and oxygen atoms in total. The van der Waals surface area contributed by atoms with Gasteiger partial charge < -0.3 is 15.5 Å². The van der Waals surface area contributed by atoms with Crippen LogP contribution in [-0.4, -0.2) is 9.97 Å². The molecule has 2 aromatic carbocycles. The second kappa shape index (κ2) is 7.13. The van der Waals surface area contributed by atoms with Gasteiger partial charge in [0.1, 0.15) is 6.07 Å². The lowest BCUT2D eigenvalue weighted by Gasteiger charge is -2.21. The third-order valence-electron chi connectivity index (χ3n) is 4.54. The van der Waals surface area contributed by atoms with E-state index in [1.165, 1.54) is 18.2 Å². The molecule has 0 atom stereocenters. The minimum atomic E-state index is -4.97. The quantitative estimate of drug-likeness (QED) is 0.261. The average Bonchev–Trinajstić information content (AvgIpc) is 2.74. The van der Waals surface area contributed by atoms with Gasteiger partial charge in [-0.05, 0) is 41.5 Å². The molecule has 160 valence electrons. The first-order chi connectivity index (χ1) is 15.0. The molecule has 3 aromatic rings. The Hall–Kier alpha value is -4.32. The summed E-state index contributed by atoms with van der Waals surface area (Å²) in [5.41, 5.74) is -2.55. The molecule has 0 fully saturated rings. The van der Waals surface area contributed by atoms with E-state index in [4.69, 9.17) is 11.8 Å². The third kappa shape index (κ3) is 3.74. The monoisotopic (exact) mass is 446 g/mol. The fraction of sp³-hybridized carbons (Fsp3) is 0.100. The van der Waals surface area contributed by atoms with Crippen molar-refractivity contribution >= 4 is 28.8 Å². The predicted octanol–water partition coefficient (Wildman–Crippen LogP) is 6.40. The second-order valence-corrected chi connectivity index (χ2v) is 6.62. The van der Waals surface area contributed by atoms with E-state index in [9.17, 15) is 26.3 Å². The zero-order valence-corrected chi connectivity index (χ0v) is 15.5. The number of rotatable bonds is 1. The summed E-state index contributed by atoms with van der Waals surface area (Å²) in [5.74, 6) is -0.0276. The highest BCUT2D eigenvalue weighted by Gasteiger charge is 2.37. The number of hydrogen-bond acceptors (Lipinski definition) is 5. The van der Waals surface area contributed by atoms with Crippen molar-refractivity contribution in [1.82, 2.24) is 9.97 Å². The molecule has 0 saturated heterocycles. The highest BCUT2D eigenvalue weighted by atomic mass is 19.4. The van der Waals surface area contributed by atoms with Crippen molar-refractivity contribution < 1.29 is 26.3 Å². The summed E-state index contributed by atoms with van der Waals surface area (Å²) in [4.78, 5) is 11.1. The van der Waals surface area contributed by atoms with Crippen LogP contribution in [0.5, 0.6) is 0 Å². The van der Waals surface area contributed by atoms with Crippen LogP contribution in [0, 0.1) is 17.9 Å². The Morgan fingerprint density at radius 1 is 0.812 bits per heavy atom. The number of benzene rings is 2. The summed E-state index contributed by atoms with van der Waals surface area (Å²) in [6, 6.07) is 7.21. The lowest BCUT2D eigenvalue weighted by molar-refractivity contribution is -0.143. The van der Waals surface area contributed by atoms with Gasteiger partial charge in [-0.3, -0.25) is 0 Å². The van der Waals surface area contributed by atoms with E-state index in [-0.39, 0.29) is 46.0 Å². The van der Waals surface area contributed by atoms with Crippen LogP contribution in [0.3, 0.4) is 0 Å². The second-order valence-electron chi connectivity index (χ2n) is 6.62. The SMILES string of the molecule is [C-]#[N+]c1nc2c(nc1C#N)Nc1ccc(-c3cc(C(F)(F)F)cc(C(F)(F)F)c3)cc1N2. The summed E-state index contributed by atoms with van der Waals surface area (Å²) < 4.78 is 79.0. The Morgan fingerprint density at radius 2 is 1.41 bits per heavy atom. The van der Waals surface area contributed by atoms with Crippen molar-refractivity contribution in [3.05, 3.63) is 64.6 Å². The van der Waals surface area contributed by atoms with Gasteiger partial charge >= 0.3 is 18.2 Å². The molecule has 0 spiro atoms. The molecule has 0 bridgehead atoms. The van der Waals surface area contributed by atoms with E-state index in [0.717, 1.165) is 0 Å². The maximum absolute atomic E-state index is 13.2. The Bertz CT molecular complexity index is 1300. The fourth-order valence-corrected chi connectivity index (χ4v) is 3.07. The van der Waals surface area contributed by atoms with Crippen LogP contribution in [0.25, 0.3) is 16.0 Å². The number of halogens is 6. The van der Waals surface area contributed by atoms with Crippen LogP contribution in [0.1, 0.15) is 16.8 Å². The van der Waals surface area contributed by atoms with Crippen LogP contribution in [0.2, 0.25) is 0 Å². The van der Waals surface area contributed by atoms with Crippen LogP contribution < -0.4 is 10.6 Å². The number of nitrogens with one attached hydrogen (secondary N) is 2. The molecular weight excluding hydrogens is 438 g/mol. The number of nitrogens with zero attached hydrogens (tertiary/aromatic N) is 4. The van der Waals surface area contributed by atoms with E-state index >= 15 is 0 Å². The van der Waals surface area contributed by atoms with Gasteiger partial charge in [0.25, 0.3) is 5.82 Å². The predicted molar refractivity (Wildman–Crippen MR) is 101 cm³/mol. The summed E-state index contributed by atoms with van der Waals surface area (Å²) in [5, 5.41) is 14.8. The van der Waals surface area contributed by atoms with Crippen molar-refractivity contribution in [1.29, 1.82) is 5.26 Å². The first-order valence-corrected chi connectivity index (χ1v) is 8.67. The van der Waals surface area contributed by atoms with Crippen LogP contribution in [0.4, 0.5) is 55.2 Å². The van der Waals surface area contributed by atoms with Crippen molar-refractivity contribution in [2.24, 2.45) is 0 Å². The largest absolute Gasteiger partial charge is 0.416 e. The smallest absolute Gasteiger partial charge is 0.358 e. The summed E-state index contributed by atoms with van der Waals surface area (Å²) in [7, 11) is 0.